The smallest absolute Gasteiger partial charge is 0.251 e. The first kappa shape index (κ1) is 16.4. The summed E-state index contributed by atoms with van der Waals surface area (Å²) >= 11 is 3.07. The molecule has 116 valence electrons. The van der Waals surface area contributed by atoms with E-state index in [0.717, 1.165) is 19.3 Å². The van der Waals surface area contributed by atoms with E-state index in [1.807, 2.05) is 0 Å². The third kappa shape index (κ3) is 5.40. The molecule has 3 nitrogen and oxygen atoms in total. The molecule has 0 atom stereocenters. The maximum atomic E-state index is 13.3. The van der Waals surface area contributed by atoms with Gasteiger partial charge in [-0.2, -0.15) is 0 Å². The molecule has 1 amide bonds. The van der Waals surface area contributed by atoms with Crippen LogP contribution < -0.4 is 5.32 Å². The fourth-order valence-corrected chi connectivity index (χ4v) is 2.74. The van der Waals surface area contributed by atoms with Crippen LogP contribution in [0.5, 0.6) is 0 Å². The summed E-state index contributed by atoms with van der Waals surface area (Å²) in [6, 6.07) is 4.37. The zero-order valence-corrected chi connectivity index (χ0v) is 13.6. The van der Waals surface area contributed by atoms with E-state index in [9.17, 15) is 9.18 Å². The molecule has 21 heavy (non-hydrogen) atoms. The average molecular weight is 358 g/mol. The maximum Gasteiger partial charge on any atom is 0.251 e. The summed E-state index contributed by atoms with van der Waals surface area (Å²) in [6.07, 6.45) is 7.33. The molecule has 0 spiro atoms. The van der Waals surface area contributed by atoms with Crippen LogP contribution in [0.1, 0.15) is 48.9 Å². The van der Waals surface area contributed by atoms with E-state index in [0.29, 0.717) is 29.3 Å². The lowest BCUT2D eigenvalue weighted by Gasteiger charge is -2.21. The van der Waals surface area contributed by atoms with Crippen molar-refractivity contribution in [2.45, 2.75) is 44.6 Å². The standard InChI is InChI=1S/C16H21BrFNO2/c17-14-8-7-12(11-15(14)18)16(20)19-9-4-10-21-13-5-2-1-3-6-13/h7-8,11,13H,1-6,9-10H2,(H,19,20). The third-order valence-corrected chi connectivity index (χ3v) is 4.34. The first-order valence-corrected chi connectivity index (χ1v) is 8.31. The summed E-state index contributed by atoms with van der Waals surface area (Å²) in [6.45, 7) is 1.21. The Balaban J connectivity index is 1.63. The normalized spacial score (nSPS) is 15.9. The van der Waals surface area contributed by atoms with Crippen LogP contribution >= 0.6 is 15.9 Å². The van der Waals surface area contributed by atoms with Crippen molar-refractivity contribution in [1.82, 2.24) is 5.32 Å². The number of rotatable bonds is 6. The summed E-state index contributed by atoms with van der Waals surface area (Å²) in [5.74, 6) is -0.678. The van der Waals surface area contributed by atoms with Gasteiger partial charge in [0.2, 0.25) is 0 Å². The lowest BCUT2D eigenvalue weighted by Crippen LogP contribution is -2.26. The quantitative estimate of drug-likeness (QED) is 0.779. The van der Waals surface area contributed by atoms with Gasteiger partial charge in [0.15, 0.2) is 0 Å². The highest BCUT2D eigenvalue weighted by atomic mass is 79.9. The molecule has 0 heterocycles. The van der Waals surface area contributed by atoms with Crippen molar-refractivity contribution in [3.05, 3.63) is 34.1 Å². The minimum absolute atomic E-state index is 0.251. The van der Waals surface area contributed by atoms with E-state index in [4.69, 9.17) is 4.74 Å². The van der Waals surface area contributed by atoms with Gasteiger partial charge in [0, 0.05) is 18.7 Å². The van der Waals surface area contributed by atoms with Crippen molar-refractivity contribution in [2.75, 3.05) is 13.2 Å². The summed E-state index contributed by atoms with van der Waals surface area (Å²) in [5.41, 5.74) is 0.337. The van der Waals surface area contributed by atoms with Gasteiger partial charge in [-0.3, -0.25) is 4.79 Å². The van der Waals surface area contributed by atoms with Gasteiger partial charge in [-0.15, -0.1) is 0 Å². The average Bonchev–Trinajstić information content (AvgIpc) is 2.50. The molecule has 1 aromatic rings. The second-order valence-electron chi connectivity index (χ2n) is 5.37. The van der Waals surface area contributed by atoms with E-state index >= 15 is 0 Å². The number of benzene rings is 1. The Labute approximate surface area is 133 Å². The zero-order chi connectivity index (χ0) is 15.1. The third-order valence-electron chi connectivity index (χ3n) is 3.69. The largest absolute Gasteiger partial charge is 0.378 e. The number of hydrogen-bond donors (Lipinski definition) is 1. The number of ether oxygens (including phenoxy) is 1. The molecular weight excluding hydrogens is 337 g/mol. The predicted octanol–water partition coefficient (Wildman–Crippen LogP) is 4.06. The summed E-state index contributed by atoms with van der Waals surface area (Å²) in [7, 11) is 0. The highest BCUT2D eigenvalue weighted by Gasteiger charge is 2.13. The highest BCUT2D eigenvalue weighted by Crippen LogP contribution is 2.20. The predicted molar refractivity (Wildman–Crippen MR) is 83.9 cm³/mol. The van der Waals surface area contributed by atoms with Gasteiger partial charge in [-0.1, -0.05) is 19.3 Å². The second-order valence-corrected chi connectivity index (χ2v) is 6.22. The molecular formula is C16H21BrFNO2. The SMILES string of the molecule is O=C(NCCCOC1CCCCC1)c1ccc(Br)c(F)c1. The summed E-state index contributed by atoms with van der Waals surface area (Å²) in [5, 5.41) is 2.78. The Morgan fingerprint density at radius 1 is 1.33 bits per heavy atom. The molecule has 1 aliphatic rings. The van der Waals surface area contributed by atoms with Crippen LogP contribution in [-0.4, -0.2) is 25.2 Å². The van der Waals surface area contributed by atoms with E-state index < -0.39 is 5.82 Å². The Kier molecular flexibility index (Phi) is 6.64. The molecule has 5 heteroatoms. The summed E-state index contributed by atoms with van der Waals surface area (Å²) < 4.78 is 19.5. The fraction of sp³-hybridized carbons (Fsp3) is 0.562. The number of carbonyl (C=O) groups excluding carboxylic acids is 1. The molecule has 0 aliphatic heterocycles. The topological polar surface area (TPSA) is 38.3 Å². The minimum atomic E-state index is -0.428. The molecule has 1 saturated carbocycles. The fourth-order valence-electron chi connectivity index (χ4n) is 2.50. The molecule has 0 aromatic heterocycles. The Morgan fingerprint density at radius 2 is 2.10 bits per heavy atom. The van der Waals surface area contributed by atoms with Gasteiger partial charge in [-0.25, -0.2) is 4.39 Å². The number of carbonyl (C=O) groups is 1. The van der Waals surface area contributed by atoms with Crippen molar-refractivity contribution in [3.63, 3.8) is 0 Å². The Morgan fingerprint density at radius 3 is 2.81 bits per heavy atom. The van der Waals surface area contributed by atoms with Gasteiger partial charge in [0.05, 0.1) is 10.6 Å². The Bertz CT molecular complexity index is 475. The van der Waals surface area contributed by atoms with Crippen LogP contribution in [0.3, 0.4) is 0 Å². The van der Waals surface area contributed by atoms with Crippen LogP contribution in [0.25, 0.3) is 0 Å². The van der Waals surface area contributed by atoms with Crippen LogP contribution in [0.2, 0.25) is 0 Å². The molecule has 2 rings (SSSR count). The van der Waals surface area contributed by atoms with Crippen molar-refractivity contribution in [1.29, 1.82) is 0 Å². The number of amides is 1. The van der Waals surface area contributed by atoms with Crippen molar-refractivity contribution < 1.29 is 13.9 Å². The van der Waals surface area contributed by atoms with Gasteiger partial charge >= 0.3 is 0 Å². The van der Waals surface area contributed by atoms with Crippen molar-refractivity contribution >= 4 is 21.8 Å². The number of nitrogens with one attached hydrogen (secondary N) is 1. The van der Waals surface area contributed by atoms with Gasteiger partial charge in [0.1, 0.15) is 5.82 Å². The number of halogens is 2. The van der Waals surface area contributed by atoms with Crippen LogP contribution in [0.15, 0.2) is 22.7 Å². The minimum Gasteiger partial charge on any atom is -0.378 e. The van der Waals surface area contributed by atoms with E-state index in [-0.39, 0.29) is 5.91 Å². The molecule has 0 bridgehead atoms. The molecule has 0 unspecified atom stereocenters. The van der Waals surface area contributed by atoms with Gasteiger partial charge < -0.3 is 10.1 Å². The Hall–Kier alpha value is -0.940. The molecule has 1 aromatic carbocycles. The monoisotopic (exact) mass is 357 g/mol. The first-order chi connectivity index (χ1) is 10.2. The lowest BCUT2D eigenvalue weighted by atomic mass is 9.98. The lowest BCUT2D eigenvalue weighted by molar-refractivity contribution is 0.0273. The van der Waals surface area contributed by atoms with Crippen molar-refractivity contribution in [2.24, 2.45) is 0 Å². The highest BCUT2D eigenvalue weighted by molar-refractivity contribution is 9.10. The van der Waals surface area contributed by atoms with Crippen LogP contribution in [0.4, 0.5) is 4.39 Å². The molecule has 1 fully saturated rings. The van der Waals surface area contributed by atoms with Crippen molar-refractivity contribution in [3.8, 4) is 0 Å². The molecule has 0 radical (unpaired) electrons. The van der Waals surface area contributed by atoms with Crippen LogP contribution in [-0.2, 0) is 4.74 Å². The first-order valence-electron chi connectivity index (χ1n) is 7.51. The molecule has 1 aliphatic carbocycles. The zero-order valence-electron chi connectivity index (χ0n) is 12.0. The van der Waals surface area contributed by atoms with Gasteiger partial charge in [-0.05, 0) is 53.4 Å². The number of hydrogen-bond acceptors (Lipinski definition) is 2. The van der Waals surface area contributed by atoms with E-state index in [2.05, 4.69) is 21.2 Å². The van der Waals surface area contributed by atoms with Gasteiger partial charge in [0.25, 0.3) is 5.91 Å². The summed E-state index contributed by atoms with van der Waals surface area (Å²) in [4.78, 5) is 11.8. The molecule has 1 N–H and O–H groups in total. The maximum absolute atomic E-state index is 13.3. The van der Waals surface area contributed by atoms with Crippen LogP contribution in [0, 0.1) is 5.82 Å². The van der Waals surface area contributed by atoms with E-state index in [1.54, 1.807) is 6.07 Å². The second kappa shape index (κ2) is 8.49. The van der Waals surface area contributed by atoms with E-state index in [1.165, 1.54) is 31.4 Å². The molecule has 0 saturated heterocycles.